The van der Waals surface area contributed by atoms with Gasteiger partial charge in [-0.3, -0.25) is 4.90 Å². The SMILES string of the molecule is C[C@H]1CC[C@H](c2ccccc2)[S+]([O-])N1Cc1cc(F)c(C2(N3C[C@H](CO)OC3=O)CCOCC2)cc1F. The molecule has 1 amide bonds. The highest BCUT2D eigenvalue weighted by Crippen LogP contribution is 2.43. The fraction of sp³-hybridized carbons (Fsp3) is 0.519. The molecule has 1 N–H and O–H groups in total. The first-order chi connectivity index (χ1) is 17.8. The van der Waals surface area contributed by atoms with E-state index >= 15 is 8.78 Å². The van der Waals surface area contributed by atoms with E-state index < -0.39 is 40.7 Å². The first-order valence-electron chi connectivity index (χ1n) is 12.7. The summed E-state index contributed by atoms with van der Waals surface area (Å²) in [5, 5.41) is 9.29. The van der Waals surface area contributed by atoms with Gasteiger partial charge in [-0.25, -0.2) is 13.6 Å². The summed E-state index contributed by atoms with van der Waals surface area (Å²) < 4.78 is 57.3. The van der Waals surface area contributed by atoms with Crippen molar-refractivity contribution in [1.29, 1.82) is 0 Å². The van der Waals surface area contributed by atoms with Crippen molar-refractivity contribution in [2.75, 3.05) is 26.4 Å². The molecule has 37 heavy (non-hydrogen) atoms. The van der Waals surface area contributed by atoms with Crippen molar-refractivity contribution in [1.82, 2.24) is 9.21 Å². The van der Waals surface area contributed by atoms with E-state index in [4.69, 9.17) is 9.47 Å². The monoisotopic (exact) mass is 534 g/mol. The average molecular weight is 535 g/mol. The molecule has 200 valence electrons. The molecule has 4 atom stereocenters. The van der Waals surface area contributed by atoms with E-state index in [1.165, 1.54) is 17.0 Å². The molecule has 10 heteroatoms. The number of ether oxygens (including phenoxy) is 2. The van der Waals surface area contributed by atoms with Crippen LogP contribution in [0.25, 0.3) is 0 Å². The standard InChI is InChI=1S/C27H32F2N2O5S/c1-18-7-8-25(19-5-3-2-4-6-19)37(34)31(18)15-20-13-24(29)22(14-23(20)28)27(9-11-35-12-10-27)30-16-21(17-32)36-26(30)33/h2-6,13-14,18,21,25,32H,7-12,15-17H2,1H3/t18-,21+,25+,37?/m0/s1. The van der Waals surface area contributed by atoms with Gasteiger partial charge in [0.1, 0.15) is 17.7 Å². The number of benzene rings is 2. The second-order valence-electron chi connectivity index (χ2n) is 10.0. The van der Waals surface area contributed by atoms with Crippen molar-refractivity contribution in [3.63, 3.8) is 0 Å². The molecule has 3 aliphatic heterocycles. The third-order valence-corrected chi connectivity index (χ3v) is 9.81. The molecule has 7 nitrogen and oxygen atoms in total. The molecular formula is C27H32F2N2O5S. The molecule has 0 aromatic heterocycles. The lowest BCUT2D eigenvalue weighted by molar-refractivity contribution is -0.0110. The number of amides is 1. The molecule has 5 rings (SSSR count). The summed E-state index contributed by atoms with van der Waals surface area (Å²) in [6.45, 7) is 2.26. The topological polar surface area (TPSA) is 85.3 Å². The van der Waals surface area contributed by atoms with Gasteiger partial charge in [-0.2, -0.15) is 0 Å². The lowest BCUT2D eigenvalue weighted by atomic mass is 9.80. The van der Waals surface area contributed by atoms with Crippen LogP contribution in [0.5, 0.6) is 0 Å². The molecule has 2 aromatic rings. The Bertz CT molecular complexity index is 1120. The number of cyclic esters (lactones) is 1. The van der Waals surface area contributed by atoms with Crippen LogP contribution in [-0.2, 0) is 32.9 Å². The summed E-state index contributed by atoms with van der Waals surface area (Å²) in [7, 11) is 0. The fourth-order valence-electron chi connectivity index (χ4n) is 5.74. The van der Waals surface area contributed by atoms with Gasteiger partial charge in [0.05, 0.1) is 31.3 Å². The van der Waals surface area contributed by atoms with Crippen molar-refractivity contribution in [3.05, 3.63) is 70.8 Å². The minimum absolute atomic E-state index is 0.00853. The van der Waals surface area contributed by atoms with Gasteiger partial charge in [0.15, 0.2) is 5.25 Å². The summed E-state index contributed by atoms with van der Waals surface area (Å²) in [4.78, 5) is 14.1. The first-order valence-corrected chi connectivity index (χ1v) is 13.9. The van der Waals surface area contributed by atoms with Crippen LogP contribution in [0, 0.1) is 11.6 Å². The van der Waals surface area contributed by atoms with Gasteiger partial charge in [-0.1, -0.05) is 30.3 Å². The summed E-state index contributed by atoms with van der Waals surface area (Å²) >= 11 is -1.41. The summed E-state index contributed by atoms with van der Waals surface area (Å²) in [5.74, 6) is -1.24. The third kappa shape index (κ3) is 4.97. The van der Waals surface area contributed by atoms with Crippen LogP contribution in [0.4, 0.5) is 13.6 Å². The molecule has 0 radical (unpaired) electrons. The smallest absolute Gasteiger partial charge is 0.411 e. The molecule has 0 aliphatic carbocycles. The molecule has 0 bridgehead atoms. The maximum atomic E-state index is 15.8. The number of halogens is 2. The third-order valence-electron chi connectivity index (χ3n) is 7.86. The molecule has 3 fully saturated rings. The largest absolute Gasteiger partial charge is 0.597 e. The Morgan fingerprint density at radius 2 is 1.86 bits per heavy atom. The van der Waals surface area contributed by atoms with Gasteiger partial charge < -0.3 is 19.1 Å². The predicted octanol–water partition coefficient (Wildman–Crippen LogP) is 4.17. The van der Waals surface area contributed by atoms with Gasteiger partial charge >= 0.3 is 6.09 Å². The second-order valence-corrected chi connectivity index (χ2v) is 11.6. The van der Waals surface area contributed by atoms with E-state index in [1.807, 2.05) is 37.3 Å². The van der Waals surface area contributed by atoms with Crippen LogP contribution in [0.1, 0.15) is 54.5 Å². The maximum absolute atomic E-state index is 15.8. The van der Waals surface area contributed by atoms with E-state index in [9.17, 15) is 14.5 Å². The number of nitrogens with zero attached hydrogens (tertiary/aromatic N) is 2. The van der Waals surface area contributed by atoms with Crippen LogP contribution >= 0.6 is 0 Å². The Kier molecular flexibility index (Phi) is 7.74. The molecule has 3 saturated heterocycles. The molecule has 1 unspecified atom stereocenters. The van der Waals surface area contributed by atoms with Crippen LogP contribution < -0.4 is 0 Å². The Hall–Kier alpha value is -2.24. The zero-order chi connectivity index (χ0) is 26.2. The first kappa shape index (κ1) is 26.4. The van der Waals surface area contributed by atoms with Crippen LogP contribution in [0.3, 0.4) is 0 Å². The van der Waals surface area contributed by atoms with Crippen LogP contribution in [-0.4, -0.2) is 63.5 Å². The van der Waals surface area contributed by atoms with E-state index in [2.05, 4.69) is 0 Å². The maximum Gasteiger partial charge on any atom is 0.411 e. The summed E-state index contributed by atoms with van der Waals surface area (Å²) in [6, 6.07) is 11.9. The normalized spacial score (nSPS) is 28.4. The number of aliphatic hydroxyl groups excluding tert-OH is 1. The Morgan fingerprint density at radius 3 is 2.54 bits per heavy atom. The predicted molar refractivity (Wildman–Crippen MR) is 134 cm³/mol. The van der Waals surface area contributed by atoms with Gasteiger partial charge in [0.25, 0.3) is 0 Å². The summed E-state index contributed by atoms with van der Waals surface area (Å²) in [6.07, 6.45) is 0.737. The van der Waals surface area contributed by atoms with Crippen molar-refractivity contribution >= 4 is 17.5 Å². The minimum Gasteiger partial charge on any atom is -0.597 e. The Labute approximate surface area is 218 Å². The van der Waals surface area contributed by atoms with Crippen LogP contribution in [0.15, 0.2) is 42.5 Å². The highest BCUT2D eigenvalue weighted by molar-refractivity contribution is 7.89. The minimum atomic E-state index is -1.41. The van der Waals surface area contributed by atoms with E-state index in [0.717, 1.165) is 18.4 Å². The molecule has 3 heterocycles. The number of hydrogen-bond acceptors (Lipinski definition) is 6. The number of carbonyl (C=O) groups is 1. The second kappa shape index (κ2) is 10.9. The Balaban J connectivity index is 1.44. The average Bonchev–Trinajstić information content (AvgIpc) is 3.30. The number of hydrogen-bond donors (Lipinski definition) is 1. The fourth-order valence-corrected chi connectivity index (χ4v) is 7.52. The zero-order valence-electron chi connectivity index (χ0n) is 20.8. The number of rotatable bonds is 6. The van der Waals surface area contributed by atoms with Crippen molar-refractivity contribution in [2.24, 2.45) is 0 Å². The zero-order valence-corrected chi connectivity index (χ0v) is 21.6. The van der Waals surface area contributed by atoms with Gasteiger partial charge in [0, 0.05) is 47.7 Å². The van der Waals surface area contributed by atoms with Crippen molar-refractivity contribution in [2.45, 2.75) is 62.1 Å². The lowest BCUT2D eigenvalue weighted by Crippen LogP contribution is -2.51. The molecular weight excluding hydrogens is 502 g/mol. The summed E-state index contributed by atoms with van der Waals surface area (Å²) in [5.41, 5.74) is 0.0274. The van der Waals surface area contributed by atoms with Gasteiger partial charge in [-0.05, 0) is 38.3 Å². The van der Waals surface area contributed by atoms with Gasteiger partial charge in [-0.15, -0.1) is 4.31 Å². The van der Waals surface area contributed by atoms with E-state index in [0.29, 0.717) is 0 Å². The van der Waals surface area contributed by atoms with Gasteiger partial charge in [0.2, 0.25) is 0 Å². The lowest BCUT2D eigenvalue weighted by Gasteiger charge is -2.44. The van der Waals surface area contributed by atoms with Crippen molar-refractivity contribution in [3.8, 4) is 0 Å². The van der Waals surface area contributed by atoms with E-state index in [-0.39, 0.29) is 68.2 Å². The van der Waals surface area contributed by atoms with Crippen LogP contribution in [0.2, 0.25) is 0 Å². The highest BCUT2D eigenvalue weighted by atomic mass is 32.2. The highest BCUT2D eigenvalue weighted by Gasteiger charge is 2.49. The van der Waals surface area contributed by atoms with E-state index in [1.54, 1.807) is 4.31 Å². The molecule has 0 spiro atoms. The quantitative estimate of drug-likeness (QED) is 0.560. The molecule has 2 aromatic carbocycles. The number of aliphatic hydroxyl groups is 1. The number of carbonyl (C=O) groups excluding carboxylic acids is 1. The molecule has 3 aliphatic rings. The van der Waals surface area contributed by atoms with Crippen molar-refractivity contribution < 1.29 is 32.7 Å². The Morgan fingerprint density at radius 1 is 1.14 bits per heavy atom. The molecule has 0 saturated carbocycles.